The molecular formula is C11H12ClNO3. The molecule has 0 saturated carbocycles. The van der Waals surface area contributed by atoms with E-state index < -0.39 is 6.04 Å². The molecule has 0 amide bonds. The Bertz CT molecular complexity index is 535. The van der Waals surface area contributed by atoms with E-state index in [2.05, 4.69) is 0 Å². The largest absolute Gasteiger partial charge is 0.504 e. The molecule has 1 heterocycles. The molecule has 0 bridgehead atoms. The Hall–Kier alpha value is -1.23. The van der Waals surface area contributed by atoms with Crippen molar-refractivity contribution >= 4 is 22.6 Å². The van der Waals surface area contributed by atoms with Crippen molar-refractivity contribution in [1.82, 2.24) is 0 Å². The summed E-state index contributed by atoms with van der Waals surface area (Å²) in [6, 6.07) is 2.62. The average molecular weight is 242 g/mol. The van der Waals surface area contributed by atoms with Crippen molar-refractivity contribution in [2.24, 2.45) is 5.73 Å². The van der Waals surface area contributed by atoms with E-state index in [1.165, 1.54) is 0 Å². The number of furan rings is 1. The minimum atomic E-state index is -0.674. The maximum absolute atomic E-state index is 9.95. The van der Waals surface area contributed by atoms with Gasteiger partial charge >= 0.3 is 0 Å². The lowest BCUT2D eigenvalue weighted by atomic mass is 10.1. The van der Waals surface area contributed by atoms with Gasteiger partial charge in [0, 0.05) is 10.9 Å². The zero-order valence-electron chi connectivity index (χ0n) is 8.70. The first-order valence-electron chi connectivity index (χ1n) is 4.82. The fraction of sp³-hybridized carbons (Fsp3) is 0.273. The maximum atomic E-state index is 9.95. The zero-order valence-corrected chi connectivity index (χ0v) is 9.45. The molecule has 5 heteroatoms. The van der Waals surface area contributed by atoms with Crippen LogP contribution >= 0.6 is 11.6 Å². The summed E-state index contributed by atoms with van der Waals surface area (Å²) in [4.78, 5) is 0. The van der Waals surface area contributed by atoms with Gasteiger partial charge in [-0.25, -0.2) is 0 Å². The number of benzene rings is 1. The predicted molar refractivity (Wildman–Crippen MR) is 61.6 cm³/mol. The highest BCUT2D eigenvalue weighted by atomic mass is 35.5. The van der Waals surface area contributed by atoms with Crippen LogP contribution in [0.4, 0.5) is 0 Å². The number of phenols is 1. The number of aromatic hydroxyl groups is 1. The molecule has 1 aromatic carbocycles. The first kappa shape index (κ1) is 11.3. The van der Waals surface area contributed by atoms with Gasteiger partial charge in [-0.3, -0.25) is 0 Å². The zero-order chi connectivity index (χ0) is 11.9. The standard InChI is InChI=1S/C11H12ClNO3/c1-5-2-6-8(12)3-7(9(13)4-14)10(15)11(6)16-5/h2-3,9,14-15H,4,13H2,1H3. The van der Waals surface area contributed by atoms with Gasteiger partial charge in [0.1, 0.15) is 5.76 Å². The van der Waals surface area contributed by atoms with Crippen LogP contribution in [0.2, 0.25) is 5.02 Å². The molecule has 0 saturated heterocycles. The number of aliphatic hydroxyl groups is 1. The lowest BCUT2D eigenvalue weighted by Gasteiger charge is -2.11. The summed E-state index contributed by atoms with van der Waals surface area (Å²) in [5.74, 6) is 0.593. The van der Waals surface area contributed by atoms with Gasteiger partial charge in [0.25, 0.3) is 0 Å². The monoisotopic (exact) mass is 241 g/mol. The number of hydrogen-bond acceptors (Lipinski definition) is 4. The van der Waals surface area contributed by atoms with Crippen molar-refractivity contribution in [3.63, 3.8) is 0 Å². The molecule has 4 N–H and O–H groups in total. The Morgan fingerprint density at radius 2 is 2.19 bits per heavy atom. The van der Waals surface area contributed by atoms with E-state index in [-0.39, 0.29) is 12.4 Å². The van der Waals surface area contributed by atoms with E-state index in [0.29, 0.717) is 27.3 Å². The van der Waals surface area contributed by atoms with Crippen LogP contribution in [0.5, 0.6) is 5.75 Å². The number of nitrogens with two attached hydrogens (primary N) is 1. The number of aryl methyl sites for hydroxylation is 1. The molecule has 2 aromatic rings. The fourth-order valence-corrected chi connectivity index (χ4v) is 1.92. The van der Waals surface area contributed by atoms with Crippen LogP contribution in [0.1, 0.15) is 17.4 Å². The van der Waals surface area contributed by atoms with Crippen molar-refractivity contribution in [2.45, 2.75) is 13.0 Å². The van der Waals surface area contributed by atoms with Gasteiger partial charge in [0.05, 0.1) is 17.7 Å². The van der Waals surface area contributed by atoms with Crippen molar-refractivity contribution in [2.75, 3.05) is 6.61 Å². The van der Waals surface area contributed by atoms with Crippen LogP contribution < -0.4 is 5.73 Å². The normalized spacial score (nSPS) is 13.2. The summed E-state index contributed by atoms with van der Waals surface area (Å²) < 4.78 is 5.34. The van der Waals surface area contributed by atoms with Gasteiger partial charge in [-0.05, 0) is 19.1 Å². The third-order valence-electron chi connectivity index (χ3n) is 2.48. The second-order valence-electron chi connectivity index (χ2n) is 3.69. The number of halogens is 1. The van der Waals surface area contributed by atoms with E-state index >= 15 is 0 Å². The first-order valence-corrected chi connectivity index (χ1v) is 5.20. The number of aliphatic hydroxyl groups excluding tert-OH is 1. The van der Waals surface area contributed by atoms with Crippen LogP contribution in [-0.2, 0) is 0 Å². The van der Waals surface area contributed by atoms with E-state index in [4.69, 9.17) is 26.9 Å². The highest BCUT2D eigenvalue weighted by Gasteiger charge is 2.18. The molecule has 0 aliphatic rings. The molecule has 1 unspecified atom stereocenters. The summed E-state index contributed by atoms with van der Waals surface area (Å²) in [5, 5.41) is 20.0. The van der Waals surface area contributed by atoms with E-state index in [9.17, 15) is 5.11 Å². The van der Waals surface area contributed by atoms with Gasteiger partial charge in [0.15, 0.2) is 11.3 Å². The highest BCUT2D eigenvalue weighted by molar-refractivity contribution is 6.35. The molecule has 0 aliphatic heterocycles. The molecule has 16 heavy (non-hydrogen) atoms. The molecule has 0 radical (unpaired) electrons. The van der Waals surface area contributed by atoms with Crippen LogP contribution in [-0.4, -0.2) is 16.8 Å². The third kappa shape index (κ3) is 1.65. The molecule has 1 aromatic heterocycles. The molecule has 0 spiro atoms. The molecule has 0 aliphatic carbocycles. The highest BCUT2D eigenvalue weighted by Crippen LogP contribution is 2.38. The second-order valence-corrected chi connectivity index (χ2v) is 4.09. The molecule has 4 nitrogen and oxygen atoms in total. The van der Waals surface area contributed by atoms with Crippen LogP contribution in [0.3, 0.4) is 0 Å². The van der Waals surface area contributed by atoms with E-state index in [1.807, 2.05) is 0 Å². The summed E-state index contributed by atoms with van der Waals surface area (Å²) >= 11 is 6.04. The van der Waals surface area contributed by atoms with Gasteiger partial charge < -0.3 is 20.4 Å². The Morgan fingerprint density at radius 3 is 2.81 bits per heavy atom. The number of fused-ring (bicyclic) bond motifs is 1. The number of phenolic OH excluding ortho intramolecular Hbond substituents is 1. The summed E-state index contributed by atoms with van der Waals surface area (Å²) in [5.41, 5.74) is 6.34. The first-order chi connectivity index (χ1) is 7.54. The molecule has 2 rings (SSSR count). The third-order valence-corrected chi connectivity index (χ3v) is 2.79. The molecule has 1 atom stereocenters. The van der Waals surface area contributed by atoms with Gasteiger partial charge in [-0.15, -0.1) is 0 Å². The Balaban J connectivity index is 2.74. The minimum absolute atomic E-state index is 0.0611. The minimum Gasteiger partial charge on any atom is -0.504 e. The topological polar surface area (TPSA) is 79.6 Å². The SMILES string of the molecule is Cc1cc2c(Cl)cc(C(N)CO)c(O)c2o1. The van der Waals surface area contributed by atoms with Crippen molar-refractivity contribution < 1.29 is 14.6 Å². The Morgan fingerprint density at radius 1 is 1.50 bits per heavy atom. The van der Waals surface area contributed by atoms with Gasteiger partial charge in [-0.2, -0.15) is 0 Å². The summed E-state index contributed by atoms with van der Waals surface area (Å²) in [7, 11) is 0. The Kier molecular flexibility index (Phi) is 2.80. The molecule has 0 fully saturated rings. The van der Waals surface area contributed by atoms with Crippen LogP contribution in [0.25, 0.3) is 11.0 Å². The van der Waals surface area contributed by atoms with Crippen LogP contribution in [0.15, 0.2) is 16.5 Å². The van der Waals surface area contributed by atoms with Crippen molar-refractivity contribution in [3.05, 3.63) is 28.5 Å². The average Bonchev–Trinajstić information content (AvgIpc) is 2.65. The van der Waals surface area contributed by atoms with E-state index in [0.717, 1.165) is 0 Å². The van der Waals surface area contributed by atoms with Gasteiger partial charge in [-0.1, -0.05) is 11.6 Å². The van der Waals surface area contributed by atoms with Gasteiger partial charge in [0.2, 0.25) is 0 Å². The molecular weight excluding hydrogens is 230 g/mol. The predicted octanol–water partition coefficient (Wildman–Crippen LogP) is 2.09. The maximum Gasteiger partial charge on any atom is 0.177 e. The smallest absolute Gasteiger partial charge is 0.177 e. The van der Waals surface area contributed by atoms with Crippen LogP contribution in [0, 0.1) is 6.92 Å². The van der Waals surface area contributed by atoms with Crippen molar-refractivity contribution in [3.8, 4) is 5.75 Å². The lowest BCUT2D eigenvalue weighted by Crippen LogP contribution is -2.14. The second kappa shape index (κ2) is 3.97. The Labute approximate surface area is 97.2 Å². The lowest BCUT2D eigenvalue weighted by molar-refractivity contribution is 0.265. The number of hydrogen-bond donors (Lipinski definition) is 3. The van der Waals surface area contributed by atoms with Crippen molar-refractivity contribution in [1.29, 1.82) is 0 Å². The molecule has 86 valence electrons. The summed E-state index contributed by atoms with van der Waals surface area (Å²) in [6.07, 6.45) is 0. The van der Waals surface area contributed by atoms with E-state index in [1.54, 1.807) is 19.1 Å². The summed E-state index contributed by atoms with van der Waals surface area (Å²) in [6.45, 7) is 1.50. The number of rotatable bonds is 2. The fourth-order valence-electron chi connectivity index (χ4n) is 1.66. The quantitative estimate of drug-likeness (QED) is 0.752.